The molecule has 1 heterocycles. The van der Waals surface area contributed by atoms with Crippen LogP contribution in [0.3, 0.4) is 0 Å². The molecule has 0 atom stereocenters. The van der Waals surface area contributed by atoms with E-state index in [1.54, 1.807) is 0 Å². The van der Waals surface area contributed by atoms with Gasteiger partial charge >= 0.3 is 5.97 Å². The Balaban J connectivity index is 2.09. The maximum Gasteiger partial charge on any atom is 0.357 e. The molecule has 1 aromatic carbocycles. The molecule has 0 saturated carbocycles. The lowest BCUT2D eigenvalue weighted by Crippen LogP contribution is -2.08. The fourth-order valence-electron chi connectivity index (χ4n) is 1.53. The number of nitrogens with zero attached hydrogens (tertiary/aromatic N) is 2. The highest BCUT2D eigenvalue weighted by Crippen LogP contribution is 2.13. The first-order valence-corrected chi connectivity index (χ1v) is 5.67. The minimum absolute atomic E-state index is 0.0918. The molecule has 2 aromatic rings. The molecule has 100 valence electrons. The Morgan fingerprint density at radius 1 is 1.40 bits per heavy atom. The van der Waals surface area contributed by atoms with Crippen molar-refractivity contribution in [1.82, 2.24) is 4.98 Å². The van der Waals surface area contributed by atoms with E-state index in [0.29, 0.717) is 11.3 Å². The first-order valence-electron chi connectivity index (χ1n) is 5.67. The summed E-state index contributed by atoms with van der Waals surface area (Å²) in [5.41, 5.74) is 6.53. The lowest BCUT2D eigenvalue weighted by molar-refractivity contribution is 0.0465. The van der Waals surface area contributed by atoms with Crippen LogP contribution in [0.25, 0.3) is 0 Å². The first kappa shape index (κ1) is 13.5. The third kappa shape index (κ3) is 3.09. The number of carbonyl (C=O) groups is 1. The molecule has 0 amide bonds. The van der Waals surface area contributed by atoms with Crippen LogP contribution in [-0.2, 0) is 11.3 Å². The quantitative estimate of drug-likeness (QED) is 0.863. The summed E-state index contributed by atoms with van der Waals surface area (Å²) < 4.78 is 18.1. The molecule has 2 N–H and O–H groups in total. The number of esters is 1. The smallest absolute Gasteiger partial charge is 0.357 e. The molecule has 20 heavy (non-hydrogen) atoms. The van der Waals surface area contributed by atoms with Gasteiger partial charge in [0.2, 0.25) is 0 Å². The number of anilines is 1. The molecule has 2 rings (SSSR count). The summed E-state index contributed by atoms with van der Waals surface area (Å²) in [4.78, 5) is 15.5. The third-order valence-corrected chi connectivity index (χ3v) is 2.54. The van der Waals surface area contributed by atoms with Crippen LogP contribution in [0.1, 0.15) is 21.6 Å². The van der Waals surface area contributed by atoms with Crippen molar-refractivity contribution in [3.63, 3.8) is 0 Å². The van der Waals surface area contributed by atoms with Crippen LogP contribution in [0.2, 0.25) is 0 Å². The first-order chi connectivity index (χ1) is 9.60. The molecule has 0 saturated heterocycles. The number of ether oxygens (including phenoxy) is 1. The maximum atomic E-state index is 13.1. The molecule has 0 aliphatic heterocycles. The van der Waals surface area contributed by atoms with E-state index in [0.717, 1.165) is 6.07 Å². The van der Waals surface area contributed by atoms with Crippen molar-refractivity contribution < 1.29 is 13.9 Å². The standard InChI is InChI=1S/C14H10FN3O2/c15-11-2-1-9(6-16)10(5-11)8-20-14(19)13-4-3-12(17)7-18-13/h1-5,7H,8,17H2. The van der Waals surface area contributed by atoms with Crippen molar-refractivity contribution in [2.75, 3.05) is 5.73 Å². The van der Waals surface area contributed by atoms with Crippen molar-refractivity contribution in [1.29, 1.82) is 5.26 Å². The second kappa shape index (κ2) is 5.80. The van der Waals surface area contributed by atoms with Crippen LogP contribution in [0.5, 0.6) is 0 Å². The number of aromatic nitrogens is 1. The number of hydrogen-bond acceptors (Lipinski definition) is 5. The average Bonchev–Trinajstić information content (AvgIpc) is 2.45. The van der Waals surface area contributed by atoms with Crippen molar-refractivity contribution in [2.45, 2.75) is 6.61 Å². The normalized spacial score (nSPS) is 9.80. The lowest BCUT2D eigenvalue weighted by atomic mass is 10.1. The van der Waals surface area contributed by atoms with Gasteiger partial charge in [-0.15, -0.1) is 0 Å². The van der Waals surface area contributed by atoms with Gasteiger partial charge in [-0.3, -0.25) is 0 Å². The monoisotopic (exact) mass is 271 g/mol. The van der Waals surface area contributed by atoms with Crippen LogP contribution in [-0.4, -0.2) is 11.0 Å². The zero-order valence-corrected chi connectivity index (χ0v) is 10.3. The SMILES string of the molecule is N#Cc1ccc(F)cc1COC(=O)c1ccc(N)cn1. The predicted molar refractivity (Wildman–Crippen MR) is 68.9 cm³/mol. The summed E-state index contributed by atoms with van der Waals surface area (Å²) in [6.45, 7) is -0.203. The van der Waals surface area contributed by atoms with E-state index < -0.39 is 11.8 Å². The Morgan fingerprint density at radius 3 is 2.85 bits per heavy atom. The van der Waals surface area contributed by atoms with Gasteiger partial charge in [0.25, 0.3) is 0 Å². The summed E-state index contributed by atoms with van der Waals surface area (Å²) in [6, 6.07) is 8.51. The van der Waals surface area contributed by atoms with Gasteiger partial charge < -0.3 is 10.5 Å². The number of nitrogen functional groups attached to an aromatic ring is 1. The summed E-state index contributed by atoms with van der Waals surface area (Å²) in [5, 5.41) is 8.88. The van der Waals surface area contributed by atoms with Crippen LogP contribution in [0.4, 0.5) is 10.1 Å². The van der Waals surface area contributed by atoms with Crippen molar-refractivity contribution >= 4 is 11.7 Å². The predicted octanol–water partition coefficient (Wildman–Crippen LogP) is 2.03. The van der Waals surface area contributed by atoms with E-state index in [9.17, 15) is 9.18 Å². The minimum atomic E-state index is -0.668. The maximum absolute atomic E-state index is 13.1. The van der Waals surface area contributed by atoms with Gasteiger partial charge in [0, 0.05) is 5.56 Å². The Bertz CT molecular complexity index is 678. The summed E-state index contributed by atoms with van der Waals surface area (Å²) in [5.74, 6) is -1.17. The highest BCUT2D eigenvalue weighted by molar-refractivity contribution is 5.87. The molecule has 0 radical (unpaired) electrons. The van der Waals surface area contributed by atoms with E-state index in [4.69, 9.17) is 15.7 Å². The van der Waals surface area contributed by atoms with Gasteiger partial charge in [0.05, 0.1) is 23.5 Å². The Morgan fingerprint density at radius 2 is 2.20 bits per heavy atom. The molecule has 0 spiro atoms. The number of hydrogen-bond donors (Lipinski definition) is 1. The van der Waals surface area contributed by atoms with Crippen LogP contribution < -0.4 is 5.73 Å². The summed E-state index contributed by atoms with van der Waals surface area (Å²) >= 11 is 0. The van der Waals surface area contributed by atoms with Gasteiger partial charge in [-0.1, -0.05) is 0 Å². The van der Waals surface area contributed by atoms with Crippen molar-refractivity contribution in [3.8, 4) is 6.07 Å². The summed E-state index contributed by atoms with van der Waals surface area (Å²) in [6.07, 6.45) is 1.33. The van der Waals surface area contributed by atoms with Gasteiger partial charge in [-0.2, -0.15) is 5.26 Å². The van der Waals surface area contributed by atoms with E-state index in [1.165, 1.54) is 30.5 Å². The molecule has 1 aromatic heterocycles. The zero-order chi connectivity index (χ0) is 14.5. The van der Waals surface area contributed by atoms with Crippen LogP contribution in [0.15, 0.2) is 36.5 Å². The molecule has 6 heteroatoms. The number of rotatable bonds is 3. The van der Waals surface area contributed by atoms with Crippen molar-refractivity contribution in [3.05, 3.63) is 59.2 Å². The number of benzene rings is 1. The number of nitriles is 1. The second-order valence-corrected chi connectivity index (χ2v) is 3.97. The lowest BCUT2D eigenvalue weighted by Gasteiger charge is -2.06. The Kier molecular flexibility index (Phi) is 3.91. The molecule has 0 fully saturated rings. The third-order valence-electron chi connectivity index (χ3n) is 2.54. The van der Waals surface area contributed by atoms with Crippen molar-refractivity contribution in [2.24, 2.45) is 0 Å². The van der Waals surface area contributed by atoms with E-state index in [1.807, 2.05) is 6.07 Å². The number of nitrogens with two attached hydrogens (primary N) is 1. The molecule has 0 bridgehead atoms. The Labute approximate surface area is 114 Å². The molecular formula is C14H10FN3O2. The molecule has 0 aliphatic rings. The van der Waals surface area contributed by atoms with Crippen LogP contribution >= 0.6 is 0 Å². The highest BCUT2D eigenvalue weighted by Gasteiger charge is 2.11. The van der Waals surface area contributed by atoms with E-state index in [2.05, 4.69) is 4.98 Å². The highest BCUT2D eigenvalue weighted by atomic mass is 19.1. The minimum Gasteiger partial charge on any atom is -0.456 e. The van der Waals surface area contributed by atoms with Gasteiger partial charge in [0.1, 0.15) is 18.1 Å². The molecule has 0 aliphatic carbocycles. The summed E-state index contributed by atoms with van der Waals surface area (Å²) in [7, 11) is 0. The Hall–Kier alpha value is -2.94. The molecular weight excluding hydrogens is 261 g/mol. The van der Waals surface area contributed by atoms with Gasteiger partial charge in [-0.25, -0.2) is 14.2 Å². The van der Waals surface area contributed by atoms with E-state index in [-0.39, 0.29) is 17.9 Å². The molecule has 0 unspecified atom stereocenters. The van der Waals surface area contributed by atoms with Gasteiger partial charge in [0.15, 0.2) is 0 Å². The number of carbonyl (C=O) groups excluding carboxylic acids is 1. The van der Waals surface area contributed by atoms with Gasteiger partial charge in [-0.05, 0) is 30.3 Å². The number of halogens is 1. The second-order valence-electron chi connectivity index (χ2n) is 3.97. The van der Waals surface area contributed by atoms with Crippen LogP contribution in [0, 0.1) is 17.1 Å². The topological polar surface area (TPSA) is 89.0 Å². The van der Waals surface area contributed by atoms with E-state index >= 15 is 0 Å². The average molecular weight is 271 g/mol. The molecule has 5 nitrogen and oxygen atoms in total. The fraction of sp³-hybridized carbons (Fsp3) is 0.0714. The largest absolute Gasteiger partial charge is 0.456 e. The number of pyridine rings is 1. The fourth-order valence-corrected chi connectivity index (χ4v) is 1.53. The zero-order valence-electron chi connectivity index (χ0n) is 10.3.